The van der Waals surface area contributed by atoms with Gasteiger partial charge in [-0.15, -0.1) is 0 Å². The molecule has 102 valence electrons. The zero-order valence-corrected chi connectivity index (χ0v) is 11.7. The number of methoxy groups -OCH3 is 1. The first-order valence-corrected chi connectivity index (χ1v) is 6.51. The fourth-order valence-corrected chi connectivity index (χ4v) is 2.10. The van der Waals surface area contributed by atoms with Gasteiger partial charge < -0.3 is 14.5 Å². The molecule has 0 atom stereocenters. The summed E-state index contributed by atoms with van der Waals surface area (Å²) in [6.45, 7) is 7.18. The molecule has 1 rings (SSSR count). The van der Waals surface area contributed by atoms with Crippen molar-refractivity contribution in [3.05, 3.63) is 23.7 Å². The molecule has 0 saturated carbocycles. The predicted octanol–water partition coefficient (Wildman–Crippen LogP) is 3.12. The number of furan rings is 1. The highest BCUT2D eigenvalue weighted by molar-refractivity contribution is 5.88. The van der Waals surface area contributed by atoms with Crippen LogP contribution in [-0.2, 0) is 11.3 Å². The van der Waals surface area contributed by atoms with Gasteiger partial charge in [-0.25, -0.2) is 4.79 Å². The first kappa shape index (κ1) is 14.8. The topological polar surface area (TPSA) is 51.5 Å². The number of ether oxygens (including phenoxy) is 1. The van der Waals surface area contributed by atoms with E-state index < -0.39 is 0 Å². The van der Waals surface area contributed by atoms with Gasteiger partial charge in [0.1, 0.15) is 12.0 Å². The predicted molar refractivity (Wildman–Crippen MR) is 70.5 cm³/mol. The van der Waals surface area contributed by atoms with Crippen LogP contribution in [0.15, 0.2) is 16.7 Å². The lowest BCUT2D eigenvalue weighted by Crippen LogP contribution is -2.42. The molecule has 1 aromatic rings. The lowest BCUT2D eigenvalue weighted by Gasteiger charge is -2.31. The Kier molecular flexibility index (Phi) is 5.41. The van der Waals surface area contributed by atoms with Crippen molar-refractivity contribution in [1.82, 2.24) is 5.32 Å². The normalized spacial score (nSPS) is 11.6. The molecule has 0 radical (unpaired) electrons. The van der Waals surface area contributed by atoms with Gasteiger partial charge in [-0.2, -0.15) is 0 Å². The highest BCUT2D eigenvalue weighted by atomic mass is 16.5. The van der Waals surface area contributed by atoms with Crippen LogP contribution in [0.5, 0.6) is 0 Å². The number of esters is 1. The summed E-state index contributed by atoms with van der Waals surface area (Å²) in [5.74, 6) is 0.396. The molecule has 0 amide bonds. The van der Waals surface area contributed by atoms with Gasteiger partial charge >= 0.3 is 5.97 Å². The maximum Gasteiger partial charge on any atom is 0.341 e. The van der Waals surface area contributed by atoms with Gasteiger partial charge in [0.15, 0.2) is 0 Å². The van der Waals surface area contributed by atoms with Crippen molar-refractivity contribution >= 4 is 5.97 Å². The van der Waals surface area contributed by atoms with Crippen molar-refractivity contribution in [3.63, 3.8) is 0 Å². The monoisotopic (exact) mass is 253 g/mol. The molecule has 0 aromatic carbocycles. The van der Waals surface area contributed by atoms with Crippen LogP contribution in [-0.4, -0.2) is 18.6 Å². The number of carbonyl (C=O) groups excluding carboxylic acids is 1. The minimum Gasteiger partial charge on any atom is -0.467 e. The number of hydrogen-bond acceptors (Lipinski definition) is 4. The zero-order chi connectivity index (χ0) is 13.6. The highest BCUT2D eigenvalue weighted by Gasteiger charge is 2.23. The van der Waals surface area contributed by atoms with Crippen molar-refractivity contribution in [2.45, 2.75) is 52.1 Å². The summed E-state index contributed by atoms with van der Waals surface area (Å²) in [6.07, 6.45) is 4.66. The average Bonchev–Trinajstić information content (AvgIpc) is 2.89. The molecule has 4 heteroatoms. The Morgan fingerprint density at radius 2 is 1.94 bits per heavy atom. The van der Waals surface area contributed by atoms with Crippen molar-refractivity contribution in [2.75, 3.05) is 7.11 Å². The van der Waals surface area contributed by atoms with Crippen LogP contribution in [0.3, 0.4) is 0 Å². The minimum absolute atomic E-state index is 0.151. The second kappa shape index (κ2) is 6.59. The molecule has 0 bridgehead atoms. The third-order valence-electron chi connectivity index (χ3n) is 3.74. The van der Waals surface area contributed by atoms with E-state index in [4.69, 9.17) is 4.42 Å². The average molecular weight is 253 g/mol. The standard InChI is InChI=1S/C14H23NO3/c1-5-14(6-2,7-3)15-9-12-8-11(10-18-12)13(16)17-4/h8,10,15H,5-7,9H2,1-4H3. The maximum atomic E-state index is 11.3. The van der Waals surface area contributed by atoms with Gasteiger partial charge in [0.2, 0.25) is 0 Å². The molecule has 18 heavy (non-hydrogen) atoms. The summed E-state index contributed by atoms with van der Waals surface area (Å²) < 4.78 is 9.99. The van der Waals surface area contributed by atoms with Crippen LogP contribution in [0.25, 0.3) is 0 Å². The van der Waals surface area contributed by atoms with Crippen LogP contribution in [0.4, 0.5) is 0 Å². The Morgan fingerprint density at radius 3 is 2.44 bits per heavy atom. The van der Waals surface area contributed by atoms with Crippen LogP contribution < -0.4 is 5.32 Å². The molecule has 0 spiro atoms. The molecule has 0 fully saturated rings. The number of nitrogens with one attached hydrogen (secondary N) is 1. The highest BCUT2D eigenvalue weighted by Crippen LogP contribution is 2.20. The largest absolute Gasteiger partial charge is 0.467 e. The molecule has 0 aliphatic rings. The summed E-state index contributed by atoms with van der Waals surface area (Å²) in [4.78, 5) is 11.3. The van der Waals surface area contributed by atoms with Gasteiger partial charge in [0.25, 0.3) is 0 Å². The number of hydrogen-bond donors (Lipinski definition) is 1. The Bertz CT molecular complexity index is 372. The lowest BCUT2D eigenvalue weighted by atomic mass is 9.90. The molecule has 1 heterocycles. The van der Waals surface area contributed by atoms with E-state index in [-0.39, 0.29) is 11.5 Å². The van der Waals surface area contributed by atoms with Crippen molar-refractivity contribution < 1.29 is 13.9 Å². The van der Waals surface area contributed by atoms with E-state index in [1.54, 1.807) is 6.07 Å². The van der Waals surface area contributed by atoms with Gasteiger partial charge in [0.05, 0.1) is 19.2 Å². The first-order chi connectivity index (χ1) is 8.60. The van der Waals surface area contributed by atoms with E-state index in [1.807, 2.05) is 0 Å². The Morgan fingerprint density at radius 1 is 1.33 bits per heavy atom. The molecule has 0 aliphatic heterocycles. The zero-order valence-electron chi connectivity index (χ0n) is 11.7. The van der Waals surface area contributed by atoms with E-state index >= 15 is 0 Å². The second-order valence-electron chi connectivity index (χ2n) is 4.49. The van der Waals surface area contributed by atoms with Crippen LogP contribution in [0, 0.1) is 0 Å². The van der Waals surface area contributed by atoms with Crippen LogP contribution >= 0.6 is 0 Å². The van der Waals surface area contributed by atoms with Crippen molar-refractivity contribution in [3.8, 4) is 0 Å². The Hall–Kier alpha value is -1.29. The molecule has 0 unspecified atom stereocenters. The van der Waals surface area contributed by atoms with Crippen molar-refractivity contribution in [1.29, 1.82) is 0 Å². The van der Waals surface area contributed by atoms with E-state index in [2.05, 4.69) is 30.8 Å². The fourth-order valence-electron chi connectivity index (χ4n) is 2.10. The lowest BCUT2D eigenvalue weighted by molar-refractivity contribution is 0.0600. The molecular formula is C14H23NO3. The minimum atomic E-state index is -0.363. The number of rotatable bonds is 7. The van der Waals surface area contributed by atoms with Gasteiger partial charge in [-0.1, -0.05) is 20.8 Å². The van der Waals surface area contributed by atoms with E-state index in [9.17, 15) is 4.79 Å². The molecular weight excluding hydrogens is 230 g/mol. The summed E-state index contributed by atoms with van der Waals surface area (Å²) in [6, 6.07) is 1.73. The van der Waals surface area contributed by atoms with Crippen LogP contribution in [0.2, 0.25) is 0 Å². The molecule has 4 nitrogen and oxygen atoms in total. The molecule has 1 N–H and O–H groups in total. The van der Waals surface area contributed by atoms with E-state index in [0.717, 1.165) is 25.0 Å². The molecule has 0 aliphatic carbocycles. The SMILES string of the molecule is CCC(CC)(CC)NCc1cc(C(=O)OC)co1. The van der Waals surface area contributed by atoms with Gasteiger partial charge in [-0.05, 0) is 25.3 Å². The fraction of sp³-hybridized carbons (Fsp3) is 0.643. The summed E-state index contributed by atoms with van der Waals surface area (Å²) >= 11 is 0. The summed E-state index contributed by atoms with van der Waals surface area (Å²) in [5.41, 5.74) is 0.613. The first-order valence-electron chi connectivity index (χ1n) is 6.51. The Labute approximate surface area is 109 Å². The molecule has 1 aromatic heterocycles. The van der Waals surface area contributed by atoms with Crippen molar-refractivity contribution in [2.24, 2.45) is 0 Å². The van der Waals surface area contributed by atoms with E-state index in [0.29, 0.717) is 12.1 Å². The second-order valence-corrected chi connectivity index (χ2v) is 4.49. The summed E-state index contributed by atoms with van der Waals surface area (Å²) in [5, 5.41) is 3.52. The molecule has 0 saturated heterocycles. The van der Waals surface area contributed by atoms with Gasteiger partial charge in [0, 0.05) is 5.54 Å². The van der Waals surface area contributed by atoms with E-state index in [1.165, 1.54) is 13.4 Å². The van der Waals surface area contributed by atoms with Gasteiger partial charge in [-0.3, -0.25) is 0 Å². The third-order valence-corrected chi connectivity index (χ3v) is 3.74. The smallest absolute Gasteiger partial charge is 0.341 e. The summed E-state index contributed by atoms with van der Waals surface area (Å²) in [7, 11) is 1.36. The maximum absolute atomic E-state index is 11.3. The number of carbonyl (C=O) groups is 1. The van der Waals surface area contributed by atoms with Crippen LogP contribution in [0.1, 0.15) is 56.2 Å². The third kappa shape index (κ3) is 3.35. The quantitative estimate of drug-likeness (QED) is 0.758. The Balaban J connectivity index is 2.63.